The molecule has 0 aliphatic carbocycles. The van der Waals surface area contributed by atoms with E-state index in [1.54, 1.807) is 30.3 Å². The minimum atomic E-state index is -0.504. The monoisotopic (exact) mass is 497 g/mol. The fourth-order valence-corrected chi connectivity index (χ4v) is 3.60. The van der Waals surface area contributed by atoms with Gasteiger partial charge in [-0.3, -0.25) is 25.2 Å². The predicted octanol–water partition coefficient (Wildman–Crippen LogP) is 4.43. The second-order valence-electron chi connectivity index (χ2n) is 7.61. The molecule has 7 nitrogen and oxygen atoms in total. The van der Waals surface area contributed by atoms with Crippen molar-refractivity contribution in [3.63, 3.8) is 0 Å². The van der Waals surface area contributed by atoms with Gasteiger partial charge in [-0.1, -0.05) is 44.2 Å². The van der Waals surface area contributed by atoms with Crippen LogP contribution in [0.2, 0.25) is 0 Å². The smallest absolute Gasteiger partial charge is 0.276 e. The van der Waals surface area contributed by atoms with Crippen molar-refractivity contribution in [2.75, 3.05) is 11.9 Å². The van der Waals surface area contributed by atoms with E-state index in [4.69, 9.17) is 4.74 Å². The molecule has 0 fully saturated rings. The van der Waals surface area contributed by atoms with Gasteiger partial charge in [-0.25, -0.2) is 0 Å². The van der Waals surface area contributed by atoms with Crippen molar-refractivity contribution in [2.24, 2.45) is 5.92 Å². The Labute approximate surface area is 194 Å². The minimum absolute atomic E-state index is 0.0810. The highest BCUT2D eigenvalue weighted by atomic mass is 79.9. The molecule has 0 aliphatic heterocycles. The topological polar surface area (TPSA) is 96.5 Å². The van der Waals surface area contributed by atoms with Crippen molar-refractivity contribution in [1.29, 1.82) is 0 Å². The molecule has 32 heavy (non-hydrogen) atoms. The quantitative estimate of drug-likeness (QED) is 0.420. The number of hydrogen-bond donors (Lipinski definition) is 3. The molecule has 0 heterocycles. The van der Waals surface area contributed by atoms with Gasteiger partial charge in [0.05, 0.1) is 4.47 Å². The lowest BCUT2D eigenvalue weighted by molar-refractivity contribution is -0.123. The Morgan fingerprint density at radius 3 is 2.34 bits per heavy atom. The number of hydrazine groups is 1. The Morgan fingerprint density at radius 2 is 1.62 bits per heavy atom. The highest BCUT2D eigenvalue weighted by molar-refractivity contribution is 9.10. The zero-order valence-electron chi connectivity index (χ0n) is 17.8. The first kappa shape index (κ1) is 23.3. The van der Waals surface area contributed by atoms with Crippen LogP contribution in [0.1, 0.15) is 30.6 Å². The largest absolute Gasteiger partial charge is 0.483 e. The molecule has 0 atom stereocenters. The molecule has 3 amide bonds. The molecule has 8 heteroatoms. The van der Waals surface area contributed by atoms with Gasteiger partial charge in [0, 0.05) is 17.7 Å². The maximum atomic E-state index is 12.2. The van der Waals surface area contributed by atoms with E-state index in [0.717, 1.165) is 15.2 Å². The summed E-state index contributed by atoms with van der Waals surface area (Å²) < 4.78 is 6.33. The minimum Gasteiger partial charge on any atom is -0.483 e. The molecular formula is C24H24BrN3O4. The predicted molar refractivity (Wildman–Crippen MR) is 127 cm³/mol. The summed E-state index contributed by atoms with van der Waals surface area (Å²) in [5.41, 5.74) is 5.62. The van der Waals surface area contributed by atoms with E-state index in [9.17, 15) is 14.4 Å². The third-order valence-electron chi connectivity index (χ3n) is 4.53. The number of halogens is 1. The molecule has 3 N–H and O–H groups in total. The molecule has 3 aromatic carbocycles. The molecule has 0 saturated heterocycles. The second-order valence-corrected chi connectivity index (χ2v) is 8.41. The average molecular weight is 498 g/mol. The van der Waals surface area contributed by atoms with E-state index in [2.05, 4.69) is 32.1 Å². The zero-order valence-corrected chi connectivity index (χ0v) is 19.4. The molecule has 0 saturated carbocycles. The number of nitrogens with one attached hydrogen (secondary N) is 3. The number of amides is 3. The Hall–Kier alpha value is -3.39. The Bertz CT molecular complexity index is 1130. The molecule has 0 bridgehead atoms. The molecule has 0 unspecified atom stereocenters. The van der Waals surface area contributed by atoms with Gasteiger partial charge in [-0.2, -0.15) is 0 Å². The Kier molecular flexibility index (Phi) is 7.83. The summed E-state index contributed by atoms with van der Waals surface area (Å²) in [6.45, 7) is 3.66. The lowest BCUT2D eigenvalue weighted by Gasteiger charge is -2.11. The standard InChI is InChI=1S/C24H24BrN3O4/c1-15(2)13-21(29)26-18-10-7-17(8-11-18)24(31)28-27-22(30)14-32-20-12-9-16-5-3-4-6-19(16)23(20)25/h3-12,15H,13-14H2,1-2H3,(H,26,29)(H,27,30)(H,28,31). The van der Waals surface area contributed by atoms with Crippen LogP contribution in [-0.2, 0) is 9.59 Å². The number of benzene rings is 3. The maximum absolute atomic E-state index is 12.2. The third kappa shape index (κ3) is 6.31. The molecule has 0 radical (unpaired) electrons. The van der Waals surface area contributed by atoms with E-state index in [-0.39, 0.29) is 18.4 Å². The number of ether oxygens (including phenoxy) is 1. The van der Waals surface area contributed by atoms with E-state index in [1.165, 1.54) is 0 Å². The van der Waals surface area contributed by atoms with Gasteiger partial charge in [0.1, 0.15) is 5.75 Å². The van der Waals surface area contributed by atoms with Crippen LogP contribution >= 0.6 is 15.9 Å². The molecule has 3 rings (SSSR count). The van der Waals surface area contributed by atoms with Crippen LogP contribution in [0.4, 0.5) is 5.69 Å². The maximum Gasteiger partial charge on any atom is 0.276 e. The van der Waals surface area contributed by atoms with Gasteiger partial charge in [-0.15, -0.1) is 0 Å². The Balaban J connectivity index is 1.48. The van der Waals surface area contributed by atoms with Gasteiger partial charge < -0.3 is 10.1 Å². The summed E-state index contributed by atoms with van der Waals surface area (Å²) in [6, 6.07) is 17.9. The zero-order chi connectivity index (χ0) is 23.1. The molecule has 0 aromatic heterocycles. The van der Waals surface area contributed by atoms with Crippen molar-refractivity contribution in [2.45, 2.75) is 20.3 Å². The van der Waals surface area contributed by atoms with Crippen molar-refractivity contribution < 1.29 is 19.1 Å². The highest BCUT2D eigenvalue weighted by Gasteiger charge is 2.11. The summed E-state index contributed by atoms with van der Waals surface area (Å²) >= 11 is 3.50. The SMILES string of the molecule is CC(C)CC(=O)Nc1ccc(C(=O)NNC(=O)COc2ccc3ccccc3c2Br)cc1. The first-order valence-electron chi connectivity index (χ1n) is 10.1. The van der Waals surface area contributed by atoms with Crippen LogP contribution in [0.25, 0.3) is 10.8 Å². The summed E-state index contributed by atoms with van der Waals surface area (Å²) in [6.07, 6.45) is 0.423. The van der Waals surface area contributed by atoms with Gasteiger partial charge in [0.25, 0.3) is 11.8 Å². The first-order chi connectivity index (χ1) is 15.3. The van der Waals surface area contributed by atoms with Crippen LogP contribution in [0.15, 0.2) is 65.1 Å². The van der Waals surface area contributed by atoms with Crippen molar-refractivity contribution in [3.05, 3.63) is 70.7 Å². The lowest BCUT2D eigenvalue weighted by Crippen LogP contribution is -2.43. The fraction of sp³-hybridized carbons (Fsp3) is 0.208. The lowest BCUT2D eigenvalue weighted by atomic mass is 10.1. The summed E-state index contributed by atoms with van der Waals surface area (Å²) in [5, 5.41) is 4.80. The number of rotatable bonds is 7. The highest BCUT2D eigenvalue weighted by Crippen LogP contribution is 2.32. The summed E-state index contributed by atoms with van der Waals surface area (Å²) in [5.74, 6) is -0.279. The number of carbonyl (C=O) groups is 3. The van der Waals surface area contributed by atoms with Crippen LogP contribution < -0.4 is 20.9 Å². The summed E-state index contributed by atoms with van der Waals surface area (Å²) in [4.78, 5) is 36.1. The van der Waals surface area contributed by atoms with Crippen LogP contribution in [0.5, 0.6) is 5.75 Å². The van der Waals surface area contributed by atoms with E-state index < -0.39 is 11.8 Å². The van der Waals surface area contributed by atoms with Crippen LogP contribution in [-0.4, -0.2) is 24.3 Å². The number of hydrogen-bond acceptors (Lipinski definition) is 4. The summed E-state index contributed by atoms with van der Waals surface area (Å²) in [7, 11) is 0. The molecule has 0 aliphatic rings. The second kappa shape index (κ2) is 10.8. The number of carbonyl (C=O) groups excluding carboxylic acids is 3. The van der Waals surface area contributed by atoms with Gasteiger partial charge in [0.15, 0.2) is 6.61 Å². The van der Waals surface area contributed by atoms with Gasteiger partial charge in [0.2, 0.25) is 5.91 Å². The molecule has 0 spiro atoms. The third-order valence-corrected chi connectivity index (χ3v) is 5.34. The number of anilines is 1. The molecular weight excluding hydrogens is 474 g/mol. The van der Waals surface area contributed by atoms with E-state index >= 15 is 0 Å². The van der Waals surface area contributed by atoms with E-state index in [1.807, 2.05) is 44.2 Å². The van der Waals surface area contributed by atoms with Crippen molar-refractivity contribution in [1.82, 2.24) is 10.9 Å². The normalized spacial score (nSPS) is 10.6. The van der Waals surface area contributed by atoms with E-state index in [0.29, 0.717) is 23.4 Å². The number of fused-ring (bicyclic) bond motifs is 1. The molecule has 166 valence electrons. The van der Waals surface area contributed by atoms with Crippen LogP contribution in [0.3, 0.4) is 0 Å². The van der Waals surface area contributed by atoms with Gasteiger partial charge in [-0.05, 0) is 63.0 Å². The average Bonchev–Trinajstić information content (AvgIpc) is 2.77. The Morgan fingerprint density at radius 1 is 0.906 bits per heavy atom. The fourth-order valence-electron chi connectivity index (χ4n) is 2.99. The first-order valence-corrected chi connectivity index (χ1v) is 10.9. The van der Waals surface area contributed by atoms with Gasteiger partial charge >= 0.3 is 0 Å². The van der Waals surface area contributed by atoms with Crippen molar-refractivity contribution in [3.8, 4) is 5.75 Å². The molecule has 3 aromatic rings. The van der Waals surface area contributed by atoms with Crippen LogP contribution in [0, 0.1) is 5.92 Å². The van der Waals surface area contributed by atoms with Crippen molar-refractivity contribution >= 4 is 50.1 Å².